The van der Waals surface area contributed by atoms with Crippen LogP contribution in [0.4, 0.5) is 0 Å². The quantitative estimate of drug-likeness (QED) is 0.637. The first kappa shape index (κ1) is 13.4. The fraction of sp³-hybridized carbons (Fsp3) is 0.333. The van der Waals surface area contributed by atoms with Crippen molar-refractivity contribution in [2.24, 2.45) is 5.73 Å². The van der Waals surface area contributed by atoms with Crippen molar-refractivity contribution in [3.05, 3.63) is 29.3 Å². The summed E-state index contributed by atoms with van der Waals surface area (Å²) in [5, 5.41) is 0. The number of benzene rings is 1. The van der Waals surface area contributed by atoms with Gasteiger partial charge in [0.25, 0.3) is 0 Å². The molecule has 0 aliphatic rings. The number of hydrogen-bond donors (Lipinski definition) is 1. The number of rotatable bonds is 5. The van der Waals surface area contributed by atoms with Gasteiger partial charge in [-0.2, -0.15) is 0 Å². The molecule has 0 heterocycles. The van der Waals surface area contributed by atoms with Gasteiger partial charge in [0.15, 0.2) is 6.61 Å². The van der Waals surface area contributed by atoms with E-state index >= 15 is 0 Å². The molecule has 4 nitrogen and oxygen atoms in total. The third kappa shape index (κ3) is 4.03. The molecular weight excluding hydrogens is 238 g/mol. The van der Waals surface area contributed by atoms with E-state index in [-0.39, 0.29) is 6.61 Å². The lowest BCUT2D eigenvalue weighted by Gasteiger charge is -2.10. The van der Waals surface area contributed by atoms with Gasteiger partial charge in [0.2, 0.25) is 0 Å². The molecule has 0 radical (unpaired) electrons. The molecule has 0 fully saturated rings. The molecule has 1 aromatic carbocycles. The van der Waals surface area contributed by atoms with Gasteiger partial charge in [-0.3, -0.25) is 0 Å². The Labute approximate surface area is 106 Å². The first-order valence-corrected chi connectivity index (χ1v) is 5.64. The van der Waals surface area contributed by atoms with E-state index in [0.29, 0.717) is 22.9 Å². The summed E-state index contributed by atoms with van der Waals surface area (Å²) in [6.07, 6.45) is 0. The fourth-order valence-electron chi connectivity index (χ4n) is 1.25. The second-order valence-electron chi connectivity index (χ2n) is 3.44. The maximum atomic E-state index is 11.1. The van der Waals surface area contributed by atoms with Gasteiger partial charge in [-0.15, -0.1) is 0 Å². The number of esters is 1. The molecule has 0 aliphatic carbocycles. The van der Waals surface area contributed by atoms with Crippen molar-refractivity contribution in [2.75, 3.05) is 13.2 Å². The van der Waals surface area contributed by atoms with Gasteiger partial charge < -0.3 is 15.2 Å². The molecule has 0 aromatic heterocycles. The van der Waals surface area contributed by atoms with Crippen molar-refractivity contribution in [1.82, 2.24) is 0 Å². The smallest absolute Gasteiger partial charge is 0.344 e. The molecule has 0 atom stereocenters. The minimum Gasteiger partial charge on any atom is -0.482 e. The lowest BCUT2D eigenvalue weighted by Crippen LogP contribution is -2.15. The minimum atomic E-state index is -0.396. The van der Waals surface area contributed by atoms with Gasteiger partial charge in [-0.1, -0.05) is 24.4 Å². The number of aryl methyl sites for hydroxylation is 1. The molecule has 1 aromatic rings. The highest BCUT2D eigenvalue weighted by molar-refractivity contribution is 7.80. The highest BCUT2D eigenvalue weighted by Crippen LogP contribution is 2.19. The molecule has 0 aliphatic heterocycles. The van der Waals surface area contributed by atoms with E-state index in [1.54, 1.807) is 13.0 Å². The van der Waals surface area contributed by atoms with E-state index in [9.17, 15) is 4.79 Å². The van der Waals surface area contributed by atoms with Crippen molar-refractivity contribution in [2.45, 2.75) is 13.8 Å². The highest BCUT2D eigenvalue weighted by atomic mass is 32.1. The molecule has 17 heavy (non-hydrogen) atoms. The average Bonchev–Trinajstić information content (AvgIpc) is 2.28. The number of ether oxygens (including phenoxy) is 2. The summed E-state index contributed by atoms with van der Waals surface area (Å²) in [6.45, 7) is 3.85. The topological polar surface area (TPSA) is 61.5 Å². The van der Waals surface area contributed by atoms with E-state index in [2.05, 4.69) is 0 Å². The second-order valence-corrected chi connectivity index (χ2v) is 3.88. The van der Waals surface area contributed by atoms with Gasteiger partial charge in [0, 0.05) is 5.56 Å². The Bertz CT molecular complexity index is 432. The first-order valence-electron chi connectivity index (χ1n) is 5.23. The summed E-state index contributed by atoms with van der Waals surface area (Å²) < 4.78 is 10.1. The lowest BCUT2D eigenvalue weighted by molar-refractivity contribution is -0.145. The van der Waals surface area contributed by atoms with Crippen molar-refractivity contribution in [3.8, 4) is 5.75 Å². The SMILES string of the molecule is CCOC(=O)COc1cc(C(N)=S)ccc1C. The van der Waals surface area contributed by atoms with Crippen LogP contribution >= 0.6 is 12.2 Å². The number of carbonyl (C=O) groups excluding carboxylic acids is 1. The van der Waals surface area contributed by atoms with Crippen LogP contribution in [0, 0.1) is 6.92 Å². The third-order valence-electron chi connectivity index (χ3n) is 2.12. The van der Waals surface area contributed by atoms with Gasteiger partial charge in [0.1, 0.15) is 10.7 Å². The molecule has 0 saturated heterocycles. The van der Waals surface area contributed by atoms with Crippen LogP contribution < -0.4 is 10.5 Å². The summed E-state index contributed by atoms with van der Waals surface area (Å²) in [6, 6.07) is 5.38. The summed E-state index contributed by atoms with van der Waals surface area (Å²) in [7, 11) is 0. The molecule has 0 spiro atoms. The zero-order valence-corrected chi connectivity index (χ0v) is 10.7. The van der Waals surface area contributed by atoms with Crippen LogP contribution in [-0.4, -0.2) is 24.2 Å². The maximum absolute atomic E-state index is 11.1. The Hall–Kier alpha value is -1.62. The molecule has 5 heteroatoms. The zero-order valence-electron chi connectivity index (χ0n) is 9.86. The Balaban J connectivity index is 2.73. The first-order chi connectivity index (χ1) is 8.04. The fourth-order valence-corrected chi connectivity index (χ4v) is 1.38. The van der Waals surface area contributed by atoms with Gasteiger partial charge in [0.05, 0.1) is 6.61 Å². The van der Waals surface area contributed by atoms with Crippen LogP contribution in [0.25, 0.3) is 0 Å². The Kier molecular flexibility index (Phi) is 4.90. The normalized spacial score (nSPS) is 9.76. The molecular formula is C12H15NO3S. The minimum absolute atomic E-state index is 0.116. The van der Waals surface area contributed by atoms with Crippen LogP contribution in [0.3, 0.4) is 0 Å². The number of thiocarbonyl (C=S) groups is 1. The molecule has 92 valence electrons. The Morgan fingerprint density at radius 2 is 2.18 bits per heavy atom. The highest BCUT2D eigenvalue weighted by Gasteiger charge is 2.07. The Morgan fingerprint density at radius 3 is 2.76 bits per heavy atom. The average molecular weight is 253 g/mol. The van der Waals surface area contributed by atoms with Gasteiger partial charge >= 0.3 is 5.97 Å². The van der Waals surface area contributed by atoms with Crippen molar-refractivity contribution in [1.29, 1.82) is 0 Å². The van der Waals surface area contributed by atoms with Crippen molar-refractivity contribution in [3.63, 3.8) is 0 Å². The predicted octanol–water partition coefficient (Wildman–Crippen LogP) is 1.57. The monoisotopic (exact) mass is 253 g/mol. The summed E-state index contributed by atoms with van der Waals surface area (Å²) in [5.41, 5.74) is 7.14. The zero-order chi connectivity index (χ0) is 12.8. The maximum Gasteiger partial charge on any atom is 0.344 e. The molecule has 1 rings (SSSR count). The van der Waals surface area contributed by atoms with E-state index < -0.39 is 5.97 Å². The summed E-state index contributed by atoms with van der Waals surface area (Å²) in [4.78, 5) is 11.4. The van der Waals surface area contributed by atoms with Crippen molar-refractivity contribution < 1.29 is 14.3 Å². The standard InChI is InChI=1S/C12H15NO3S/c1-3-15-11(14)7-16-10-6-9(12(13)17)5-4-8(10)2/h4-6H,3,7H2,1-2H3,(H2,13,17). The van der Waals surface area contributed by atoms with Crippen LogP contribution in [0.1, 0.15) is 18.1 Å². The number of nitrogens with two attached hydrogens (primary N) is 1. The van der Waals surface area contributed by atoms with Crippen LogP contribution in [0.5, 0.6) is 5.75 Å². The van der Waals surface area contributed by atoms with E-state index in [4.69, 9.17) is 27.4 Å². The summed E-state index contributed by atoms with van der Waals surface area (Å²) in [5.74, 6) is 0.191. The third-order valence-corrected chi connectivity index (χ3v) is 2.36. The predicted molar refractivity (Wildman–Crippen MR) is 69.2 cm³/mol. The van der Waals surface area contributed by atoms with E-state index in [1.807, 2.05) is 19.1 Å². The van der Waals surface area contributed by atoms with E-state index in [0.717, 1.165) is 5.56 Å². The van der Waals surface area contributed by atoms with E-state index in [1.165, 1.54) is 0 Å². The van der Waals surface area contributed by atoms with Crippen molar-refractivity contribution >= 4 is 23.2 Å². The van der Waals surface area contributed by atoms with Gasteiger partial charge in [-0.05, 0) is 25.5 Å². The van der Waals surface area contributed by atoms with Crippen LogP contribution in [0.2, 0.25) is 0 Å². The van der Waals surface area contributed by atoms with Crippen LogP contribution in [-0.2, 0) is 9.53 Å². The van der Waals surface area contributed by atoms with Crippen LogP contribution in [0.15, 0.2) is 18.2 Å². The lowest BCUT2D eigenvalue weighted by atomic mass is 10.1. The number of carbonyl (C=O) groups is 1. The number of hydrogen-bond acceptors (Lipinski definition) is 4. The molecule has 0 amide bonds. The summed E-state index contributed by atoms with van der Waals surface area (Å²) >= 11 is 4.87. The molecule has 0 unspecified atom stereocenters. The molecule has 0 saturated carbocycles. The largest absolute Gasteiger partial charge is 0.482 e. The molecule has 2 N–H and O–H groups in total. The molecule has 0 bridgehead atoms. The Morgan fingerprint density at radius 1 is 1.47 bits per heavy atom. The second kappa shape index (κ2) is 6.20. The van der Waals surface area contributed by atoms with Gasteiger partial charge in [-0.25, -0.2) is 4.79 Å².